The zero-order chi connectivity index (χ0) is 28.6. The van der Waals surface area contributed by atoms with Gasteiger partial charge in [0.05, 0.1) is 25.0 Å². The van der Waals surface area contributed by atoms with Crippen LogP contribution < -0.4 is 31.2 Å². The van der Waals surface area contributed by atoms with Crippen molar-refractivity contribution in [3.63, 3.8) is 0 Å². The van der Waals surface area contributed by atoms with E-state index in [4.69, 9.17) is 25.7 Å². The van der Waals surface area contributed by atoms with Crippen LogP contribution in [-0.4, -0.2) is 54.6 Å². The number of nitrogens with one attached hydrogen (secondary N) is 1. The number of rotatable bonds is 12. The first kappa shape index (κ1) is 28.8. The van der Waals surface area contributed by atoms with Crippen molar-refractivity contribution in [3.8, 4) is 11.5 Å². The number of hydrogen-bond acceptors (Lipinski definition) is 9. The van der Waals surface area contributed by atoms with Crippen molar-refractivity contribution >= 4 is 40.6 Å². The number of amides is 3. The Morgan fingerprint density at radius 1 is 1.07 bits per heavy atom. The first-order chi connectivity index (χ1) is 19.3. The van der Waals surface area contributed by atoms with Crippen molar-refractivity contribution in [2.75, 3.05) is 37.0 Å². The first-order valence-corrected chi connectivity index (χ1v) is 13.8. The van der Waals surface area contributed by atoms with E-state index in [2.05, 4.69) is 9.69 Å². The summed E-state index contributed by atoms with van der Waals surface area (Å²) in [5, 5.41) is 2.96. The van der Waals surface area contributed by atoms with E-state index < -0.39 is 23.8 Å². The Bertz CT molecular complexity index is 1320. The van der Waals surface area contributed by atoms with Crippen LogP contribution in [0.25, 0.3) is 0 Å². The SMILES string of the molecule is CCOc1ccc([C@H](C(=O)NC[C@H]2CCCO2)N(C(=O)c2snc(C(N)=O)c2N)c2ccc(OCC)cc2)cc1. The van der Waals surface area contributed by atoms with Crippen LogP contribution in [0.4, 0.5) is 11.4 Å². The fourth-order valence-corrected chi connectivity index (χ4v) is 5.18. The van der Waals surface area contributed by atoms with E-state index in [1.54, 1.807) is 48.5 Å². The van der Waals surface area contributed by atoms with Gasteiger partial charge in [0.2, 0.25) is 5.91 Å². The summed E-state index contributed by atoms with van der Waals surface area (Å²) >= 11 is 0.751. The Balaban J connectivity index is 1.80. The van der Waals surface area contributed by atoms with Gasteiger partial charge in [0, 0.05) is 18.8 Å². The summed E-state index contributed by atoms with van der Waals surface area (Å²) in [5.41, 5.74) is 12.2. The summed E-state index contributed by atoms with van der Waals surface area (Å²) in [6.07, 6.45) is 1.66. The summed E-state index contributed by atoms with van der Waals surface area (Å²) in [6, 6.07) is 12.6. The minimum atomic E-state index is -1.11. The second-order valence-corrected chi connectivity index (χ2v) is 9.80. The van der Waals surface area contributed by atoms with Gasteiger partial charge in [0.15, 0.2) is 5.69 Å². The monoisotopic (exact) mass is 567 g/mol. The average molecular weight is 568 g/mol. The summed E-state index contributed by atoms with van der Waals surface area (Å²) in [4.78, 5) is 41.2. The topological polar surface area (TPSA) is 159 Å². The molecule has 0 radical (unpaired) electrons. The van der Waals surface area contributed by atoms with Crippen molar-refractivity contribution in [2.45, 2.75) is 38.8 Å². The van der Waals surface area contributed by atoms with Gasteiger partial charge in [0.25, 0.3) is 11.8 Å². The van der Waals surface area contributed by atoms with Crippen molar-refractivity contribution in [3.05, 3.63) is 64.7 Å². The Hall–Kier alpha value is -4.16. The highest BCUT2D eigenvalue weighted by Gasteiger charge is 2.36. The molecule has 3 amide bonds. The molecule has 2 atom stereocenters. The van der Waals surface area contributed by atoms with E-state index in [0.717, 1.165) is 24.4 Å². The molecule has 40 heavy (non-hydrogen) atoms. The zero-order valence-corrected chi connectivity index (χ0v) is 23.2. The Morgan fingerprint density at radius 3 is 2.23 bits per heavy atom. The molecule has 0 spiro atoms. The molecule has 12 heteroatoms. The molecule has 3 aromatic rings. The molecular weight excluding hydrogens is 534 g/mol. The number of nitrogens with two attached hydrogens (primary N) is 2. The molecule has 0 aliphatic carbocycles. The van der Waals surface area contributed by atoms with E-state index in [0.29, 0.717) is 49.1 Å². The van der Waals surface area contributed by atoms with Crippen LogP contribution in [0.1, 0.15) is 58.5 Å². The molecule has 5 N–H and O–H groups in total. The highest BCUT2D eigenvalue weighted by atomic mass is 32.1. The largest absolute Gasteiger partial charge is 0.494 e. The van der Waals surface area contributed by atoms with E-state index >= 15 is 0 Å². The second-order valence-electron chi connectivity index (χ2n) is 9.03. The summed E-state index contributed by atoms with van der Waals surface area (Å²) in [6.45, 7) is 5.64. The average Bonchev–Trinajstić information content (AvgIpc) is 3.61. The minimum absolute atomic E-state index is 0.00875. The van der Waals surface area contributed by atoms with Crippen LogP contribution in [0.5, 0.6) is 11.5 Å². The smallest absolute Gasteiger partial charge is 0.273 e. The Kier molecular flexibility index (Phi) is 9.56. The molecule has 1 aliphatic heterocycles. The Labute approximate surface area is 236 Å². The number of hydrogen-bond donors (Lipinski definition) is 3. The van der Waals surface area contributed by atoms with Gasteiger partial charge in [0.1, 0.15) is 22.4 Å². The van der Waals surface area contributed by atoms with Crippen molar-refractivity contribution < 1.29 is 28.6 Å². The normalized spacial score (nSPS) is 15.3. The highest BCUT2D eigenvalue weighted by Crippen LogP contribution is 2.34. The van der Waals surface area contributed by atoms with Crippen LogP contribution >= 0.6 is 11.5 Å². The molecule has 0 saturated carbocycles. The molecule has 212 valence electrons. The molecule has 2 aromatic carbocycles. The van der Waals surface area contributed by atoms with Crippen LogP contribution in [0, 0.1) is 0 Å². The molecule has 0 unspecified atom stereocenters. The number of primary amides is 1. The van der Waals surface area contributed by atoms with Gasteiger partial charge < -0.3 is 31.0 Å². The Morgan fingerprint density at radius 2 is 1.70 bits per heavy atom. The maximum absolute atomic E-state index is 14.2. The zero-order valence-electron chi connectivity index (χ0n) is 22.4. The minimum Gasteiger partial charge on any atom is -0.494 e. The third-order valence-electron chi connectivity index (χ3n) is 6.34. The predicted molar refractivity (Wildman–Crippen MR) is 152 cm³/mol. The quantitative estimate of drug-likeness (QED) is 0.301. The van der Waals surface area contributed by atoms with Crippen molar-refractivity contribution in [2.24, 2.45) is 5.73 Å². The van der Waals surface area contributed by atoms with E-state index in [-0.39, 0.29) is 22.4 Å². The molecule has 2 heterocycles. The number of carbonyl (C=O) groups excluding carboxylic acids is 3. The van der Waals surface area contributed by atoms with Gasteiger partial charge in [-0.3, -0.25) is 19.3 Å². The molecule has 1 fully saturated rings. The number of nitrogen functional groups attached to an aromatic ring is 1. The number of anilines is 2. The number of carbonyl (C=O) groups is 3. The van der Waals surface area contributed by atoms with Crippen molar-refractivity contribution in [1.29, 1.82) is 0 Å². The molecule has 4 rings (SSSR count). The van der Waals surface area contributed by atoms with Gasteiger partial charge in [-0.1, -0.05) is 12.1 Å². The van der Waals surface area contributed by atoms with Crippen LogP contribution in [0.15, 0.2) is 48.5 Å². The van der Waals surface area contributed by atoms with E-state index in [1.165, 1.54) is 4.90 Å². The lowest BCUT2D eigenvalue weighted by Crippen LogP contribution is -2.45. The van der Waals surface area contributed by atoms with E-state index in [1.807, 2.05) is 13.8 Å². The van der Waals surface area contributed by atoms with Crippen LogP contribution in [0.3, 0.4) is 0 Å². The maximum Gasteiger partial charge on any atom is 0.273 e. The molecule has 1 aromatic heterocycles. The maximum atomic E-state index is 14.2. The van der Waals surface area contributed by atoms with Gasteiger partial charge in [-0.15, -0.1) is 0 Å². The molecule has 1 aliphatic rings. The summed E-state index contributed by atoms with van der Waals surface area (Å²) in [7, 11) is 0. The summed E-state index contributed by atoms with van der Waals surface area (Å²) < 4.78 is 20.8. The molecule has 0 bridgehead atoms. The molecular formula is C28H33N5O6S. The second kappa shape index (κ2) is 13.3. The third-order valence-corrected chi connectivity index (χ3v) is 7.19. The molecule has 11 nitrogen and oxygen atoms in total. The third kappa shape index (κ3) is 6.52. The summed E-state index contributed by atoms with van der Waals surface area (Å²) in [5.74, 6) is -0.648. The number of benzene rings is 2. The van der Waals surface area contributed by atoms with Gasteiger partial charge >= 0.3 is 0 Å². The lowest BCUT2D eigenvalue weighted by atomic mass is 10.0. The molecule has 1 saturated heterocycles. The fraction of sp³-hybridized carbons (Fsp3) is 0.357. The van der Waals surface area contributed by atoms with Gasteiger partial charge in [-0.05, 0) is 80.2 Å². The van der Waals surface area contributed by atoms with E-state index in [9.17, 15) is 14.4 Å². The lowest BCUT2D eigenvalue weighted by Gasteiger charge is -2.31. The first-order valence-electron chi connectivity index (χ1n) is 13.1. The number of aromatic nitrogens is 1. The predicted octanol–water partition coefficient (Wildman–Crippen LogP) is 3.30. The van der Waals surface area contributed by atoms with Gasteiger partial charge in [-0.25, -0.2) is 0 Å². The van der Waals surface area contributed by atoms with Gasteiger partial charge in [-0.2, -0.15) is 4.37 Å². The fourth-order valence-electron chi connectivity index (χ4n) is 4.44. The standard InChI is InChI=1S/C28H33N5O6S/c1-3-37-19-11-7-17(8-12-19)24(27(35)31-16-21-6-5-15-39-21)33(18-9-13-20(14-10-18)38-4-2)28(36)25-22(29)23(26(30)34)32-40-25/h7-14,21,24H,3-6,15-16,29H2,1-2H3,(H2,30,34)(H,31,35)/t21-,24-/m1/s1. The number of ether oxygens (including phenoxy) is 3. The number of nitrogens with zero attached hydrogens (tertiary/aromatic N) is 2. The lowest BCUT2D eigenvalue weighted by molar-refractivity contribution is -0.123. The van der Waals surface area contributed by atoms with Crippen LogP contribution in [-0.2, 0) is 9.53 Å². The van der Waals surface area contributed by atoms with Crippen LogP contribution in [0.2, 0.25) is 0 Å². The van der Waals surface area contributed by atoms with Crippen molar-refractivity contribution in [1.82, 2.24) is 9.69 Å². The highest BCUT2D eigenvalue weighted by molar-refractivity contribution is 7.09.